The lowest BCUT2D eigenvalue weighted by molar-refractivity contribution is 0.0902. The number of hydrogen-bond donors (Lipinski definition) is 1. The lowest BCUT2D eigenvalue weighted by Crippen LogP contribution is -2.15. The third-order valence-corrected chi connectivity index (χ3v) is 3.86. The van der Waals surface area contributed by atoms with Gasteiger partial charge in [-0.25, -0.2) is 0 Å². The van der Waals surface area contributed by atoms with Gasteiger partial charge in [0.25, 0.3) is 0 Å². The van der Waals surface area contributed by atoms with E-state index in [9.17, 15) is 0 Å². The minimum atomic E-state index is 0.332. The lowest BCUT2D eigenvalue weighted by Gasteiger charge is -2.15. The zero-order valence-corrected chi connectivity index (χ0v) is 13.3. The third kappa shape index (κ3) is 4.52. The smallest absolute Gasteiger partial charge is 0.142 e. The highest BCUT2D eigenvalue weighted by atomic mass is 35.5. The van der Waals surface area contributed by atoms with Crippen molar-refractivity contribution < 1.29 is 9.47 Å². The van der Waals surface area contributed by atoms with Gasteiger partial charge in [0.1, 0.15) is 5.75 Å². The van der Waals surface area contributed by atoms with E-state index < -0.39 is 0 Å². The normalized spacial score (nSPS) is 18.4. The summed E-state index contributed by atoms with van der Waals surface area (Å²) in [6.07, 6.45) is 3.51. The number of benzene rings is 1. The maximum Gasteiger partial charge on any atom is 0.142 e. The summed E-state index contributed by atoms with van der Waals surface area (Å²) in [5.74, 6) is 0.731. The first-order valence-electron chi connectivity index (χ1n) is 7.13. The Morgan fingerprint density at radius 3 is 2.95 bits per heavy atom. The van der Waals surface area contributed by atoms with Crippen molar-refractivity contribution in [2.45, 2.75) is 38.8 Å². The Kier molecular flexibility index (Phi) is 6.43. The molecule has 1 aliphatic heterocycles. The molecule has 0 amide bonds. The second kappa shape index (κ2) is 8.08. The van der Waals surface area contributed by atoms with Crippen LogP contribution in [-0.2, 0) is 11.3 Å². The second-order valence-corrected chi connectivity index (χ2v) is 5.77. The Hall–Kier alpha value is -0.480. The molecule has 1 N–H and O–H groups in total. The Morgan fingerprint density at radius 1 is 1.40 bits per heavy atom. The summed E-state index contributed by atoms with van der Waals surface area (Å²) >= 11 is 12.3. The van der Waals surface area contributed by atoms with Crippen molar-refractivity contribution >= 4 is 23.2 Å². The maximum absolute atomic E-state index is 6.24. The van der Waals surface area contributed by atoms with Gasteiger partial charge in [-0.05, 0) is 31.5 Å². The molecule has 0 aliphatic carbocycles. The van der Waals surface area contributed by atoms with Gasteiger partial charge in [0.15, 0.2) is 0 Å². The van der Waals surface area contributed by atoms with E-state index in [1.165, 1.54) is 0 Å². The van der Waals surface area contributed by atoms with Crippen LogP contribution in [-0.4, -0.2) is 25.9 Å². The lowest BCUT2D eigenvalue weighted by atomic mass is 10.2. The third-order valence-electron chi connectivity index (χ3n) is 3.36. The van der Waals surface area contributed by atoms with Gasteiger partial charge >= 0.3 is 0 Å². The molecule has 1 aliphatic rings. The van der Waals surface area contributed by atoms with Gasteiger partial charge in [0.2, 0.25) is 0 Å². The SMILES string of the molecule is CCNCc1cc(Cl)cc(Cl)c1OCCC1CCCO1. The molecule has 0 bridgehead atoms. The molecule has 1 heterocycles. The van der Waals surface area contributed by atoms with Crippen LogP contribution >= 0.6 is 23.2 Å². The quantitative estimate of drug-likeness (QED) is 0.823. The highest BCUT2D eigenvalue weighted by molar-refractivity contribution is 6.35. The molecule has 1 fully saturated rings. The van der Waals surface area contributed by atoms with Crippen LogP contribution in [0.15, 0.2) is 12.1 Å². The molecule has 5 heteroatoms. The summed E-state index contributed by atoms with van der Waals surface area (Å²) in [4.78, 5) is 0. The van der Waals surface area contributed by atoms with Gasteiger partial charge in [-0.3, -0.25) is 0 Å². The van der Waals surface area contributed by atoms with Crippen molar-refractivity contribution in [1.29, 1.82) is 0 Å². The molecule has 0 saturated carbocycles. The zero-order valence-electron chi connectivity index (χ0n) is 11.8. The van der Waals surface area contributed by atoms with Crippen molar-refractivity contribution in [2.75, 3.05) is 19.8 Å². The van der Waals surface area contributed by atoms with Gasteiger partial charge < -0.3 is 14.8 Å². The Morgan fingerprint density at radius 2 is 2.25 bits per heavy atom. The van der Waals surface area contributed by atoms with Crippen molar-refractivity contribution in [3.63, 3.8) is 0 Å². The van der Waals surface area contributed by atoms with Crippen LogP contribution in [0.25, 0.3) is 0 Å². The molecule has 20 heavy (non-hydrogen) atoms. The molecule has 3 nitrogen and oxygen atoms in total. The monoisotopic (exact) mass is 317 g/mol. The molecule has 0 spiro atoms. The fraction of sp³-hybridized carbons (Fsp3) is 0.600. The Balaban J connectivity index is 1.96. The van der Waals surface area contributed by atoms with Crippen LogP contribution < -0.4 is 10.1 Å². The molecule has 1 saturated heterocycles. The first-order valence-corrected chi connectivity index (χ1v) is 7.89. The standard InChI is InChI=1S/C15H21Cl2NO2/c1-2-18-10-11-8-12(16)9-14(17)15(11)20-7-5-13-4-3-6-19-13/h8-9,13,18H,2-7,10H2,1H3. The molecule has 1 aromatic carbocycles. The van der Waals surface area contributed by atoms with Gasteiger partial charge in [-0.1, -0.05) is 30.1 Å². The number of nitrogens with one attached hydrogen (secondary N) is 1. The van der Waals surface area contributed by atoms with E-state index in [-0.39, 0.29) is 0 Å². The van der Waals surface area contributed by atoms with Crippen molar-refractivity contribution in [3.8, 4) is 5.75 Å². The number of rotatable bonds is 7. The fourth-order valence-corrected chi connectivity index (χ4v) is 2.92. The molecular weight excluding hydrogens is 297 g/mol. The molecule has 1 aromatic rings. The largest absolute Gasteiger partial charge is 0.492 e. The average molecular weight is 318 g/mol. The van der Waals surface area contributed by atoms with E-state index >= 15 is 0 Å². The second-order valence-electron chi connectivity index (χ2n) is 4.93. The van der Waals surface area contributed by atoms with Crippen molar-refractivity contribution in [3.05, 3.63) is 27.7 Å². The summed E-state index contributed by atoms with van der Waals surface area (Å²) in [6, 6.07) is 3.62. The molecule has 0 aromatic heterocycles. The molecule has 2 rings (SSSR count). The summed E-state index contributed by atoms with van der Waals surface area (Å²) in [5, 5.41) is 4.47. The van der Waals surface area contributed by atoms with E-state index in [2.05, 4.69) is 12.2 Å². The summed E-state index contributed by atoms with van der Waals surface area (Å²) in [6.45, 7) is 5.14. The minimum Gasteiger partial charge on any atom is -0.492 e. The van der Waals surface area contributed by atoms with Crippen LogP contribution in [0.5, 0.6) is 5.75 Å². The highest BCUT2D eigenvalue weighted by Gasteiger charge is 2.16. The van der Waals surface area contributed by atoms with E-state index in [4.69, 9.17) is 32.7 Å². The minimum absolute atomic E-state index is 0.332. The number of ether oxygens (including phenoxy) is 2. The topological polar surface area (TPSA) is 30.5 Å². The van der Waals surface area contributed by atoms with Crippen LogP contribution in [0, 0.1) is 0 Å². The van der Waals surface area contributed by atoms with Gasteiger partial charge in [0, 0.05) is 30.2 Å². The van der Waals surface area contributed by atoms with Gasteiger partial charge in [-0.2, -0.15) is 0 Å². The summed E-state index contributed by atoms with van der Waals surface area (Å²) < 4.78 is 11.5. The molecular formula is C15H21Cl2NO2. The Bertz CT molecular complexity index is 434. The summed E-state index contributed by atoms with van der Waals surface area (Å²) in [7, 11) is 0. The van der Waals surface area contributed by atoms with Crippen molar-refractivity contribution in [1.82, 2.24) is 5.32 Å². The zero-order chi connectivity index (χ0) is 14.4. The highest BCUT2D eigenvalue weighted by Crippen LogP contribution is 2.32. The van der Waals surface area contributed by atoms with E-state index in [1.807, 2.05) is 6.07 Å². The average Bonchev–Trinajstić information content (AvgIpc) is 2.92. The first-order chi connectivity index (χ1) is 9.70. The summed E-state index contributed by atoms with van der Waals surface area (Å²) in [5.41, 5.74) is 0.997. The van der Waals surface area contributed by atoms with Crippen LogP contribution in [0.1, 0.15) is 31.7 Å². The van der Waals surface area contributed by atoms with E-state index in [0.29, 0.717) is 29.3 Å². The van der Waals surface area contributed by atoms with Crippen LogP contribution in [0.3, 0.4) is 0 Å². The van der Waals surface area contributed by atoms with Crippen molar-refractivity contribution in [2.24, 2.45) is 0 Å². The van der Waals surface area contributed by atoms with Crippen LogP contribution in [0.2, 0.25) is 10.0 Å². The fourth-order valence-electron chi connectivity index (χ4n) is 2.33. The number of halogens is 2. The van der Waals surface area contributed by atoms with E-state index in [0.717, 1.165) is 43.7 Å². The maximum atomic E-state index is 6.24. The Labute approximate surface area is 130 Å². The molecule has 1 unspecified atom stereocenters. The van der Waals surface area contributed by atoms with Crippen LogP contribution in [0.4, 0.5) is 0 Å². The van der Waals surface area contributed by atoms with E-state index in [1.54, 1.807) is 6.07 Å². The predicted octanol–water partition coefficient (Wildman–Crippen LogP) is 4.05. The first kappa shape index (κ1) is 15.9. The van der Waals surface area contributed by atoms with Gasteiger partial charge in [0.05, 0.1) is 17.7 Å². The molecule has 112 valence electrons. The molecule has 0 radical (unpaired) electrons. The van der Waals surface area contributed by atoms with Gasteiger partial charge in [-0.15, -0.1) is 0 Å². The molecule has 1 atom stereocenters. The predicted molar refractivity (Wildman–Crippen MR) is 82.9 cm³/mol. The number of hydrogen-bond acceptors (Lipinski definition) is 3.